The number of methoxy groups -OCH3 is 1. The maximum absolute atomic E-state index is 11.8. The van der Waals surface area contributed by atoms with Crippen LogP contribution in [0.25, 0.3) is 6.08 Å². The first-order chi connectivity index (χ1) is 12.1. The summed E-state index contributed by atoms with van der Waals surface area (Å²) in [5.74, 6) is -0.112. The van der Waals surface area contributed by atoms with Gasteiger partial charge in [-0.2, -0.15) is 0 Å². The Bertz CT molecular complexity index is 776. The summed E-state index contributed by atoms with van der Waals surface area (Å²) in [6, 6.07) is 10.4. The van der Waals surface area contributed by atoms with Crippen molar-refractivity contribution in [1.29, 1.82) is 0 Å². The molecule has 0 atom stereocenters. The number of benzene rings is 1. The number of rotatable bonds is 4. The third-order valence-electron chi connectivity index (χ3n) is 2.99. The fourth-order valence-electron chi connectivity index (χ4n) is 1.75. The lowest BCUT2D eigenvalue weighted by atomic mass is 10.2. The summed E-state index contributed by atoms with van der Waals surface area (Å²) < 4.78 is 5.06. The maximum atomic E-state index is 11.8. The molecule has 0 radical (unpaired) electrons. The summed E-state index contributed by atoms with van der Waals surface area (Å²) in [5.41, 5.74) is 6.01. The lowest BCUT2D eigenvalue weighted by Gasteiger charge is -2.09. The number of hydrazine groups is 1. The second-order valence-corrected chi connectivity index (χ2v) is 5.15. The van der Waals surface area contributed by atoms with Gasteiger partial charge < -0.3 is 4.74 Å². The van der Waals surface area contributed by atoms with Gasteiger partial charge >= 0.3 is 0 Å². The third-order valence-corrected chi connectivity index (χ3v) is 3.20. The minimum atomic E-state index is -0.427. The number of hydrogen-bond acceptors (Lipinski definition) is 5. The number of hydrogen-bond donors (Lipinski definition) is 3. The van der Waals surface area contributed by atoms with E-state index in [9.17, 15) is 9.59 Å². The molecule has 2 aromatic rings. The van der Waals surface area contributed by atoms with E-state index < -0.39 is 11.8 Å². The van der Waals surface area contributed by atoms with Crippen LogP contribution in [0, 0.1) is 0 Å². The van der Waals surface area contributed by atoms with Gasteiger partial charge in [-0.3, -0.25) is 30.7 Å². The first kappa shape index (κ1) is 18.1. The Morgan fingerprint density at radius 2 is 1.92 bits per heavy atom. The van der Waals surface area contributed by atoms with Gasteiger partial charge in [0.2, 0.25) is 5.91 Å². The summed E-state index contributed by atoms with van der Waals surface area (Å²) in [7, 11) is 1.58. The molecule has 7 nitrogen and oxygen atoms in total. The van der Waals surface area contributed by atoms with Crippen LogP contribution in [0.5, 0.6) is 5.75 Å². The fraction of sp³-hybridized carbons (Fsp3) is 0.0588. The van der Waals surface area contributed by atoms with Crippen LogP contribution in [0.2, 0.25) is 0 Å². The molecule has 0 spiro atoms. The van der Waals surface area contributed by atoms with Crippen molar-refractivity contribution in [3.8, 4) is 5.75 Å². The van der Waals surface area contributed by atoms with Crippen LogP contribution in [-0.4, -0.2) is 29.0 Å². The number of carbonyl (C=O) groups excluding carboxylic acids is 2. The highest BCUT2D eigenvalue weighted by Gasteiger charge is 2.06. The minimum Gasteiger partial charge on any atom is -0.497 e. The smallest absolute Gasteiger partial charge is 0.271 e. The monoisotopic (exact) mass is 356 g/mol. The second kappa shape index (κ2) is 9.14. The SMILES string of the molecule is COc1ccc(/C=C/C(=O)NC(=S)NNC(=O)c2cccnc2)cc1. The van der Waals surface area contributed by atoms with E-state index in [0.29, 0.717) is 5.56 Å². The van der Waals surface area contributed by atoms with Crippen molar-refractivity contribution in [3.63, 3.8) is 0 Å². The third kappa shape index (κ3) is 6.04. The molecule has 2 rings (SSSR count). The van der Waals surface area contributed by atoms with Gasteiger partial charge in [-0.1, -0.05) is 12.1 Å². The van der Waals surface area contributed by atoms with Crippen LogP contribution in [0.4, 0.5) is 0 Å². The number of nitrogens with one attached hydrogen (secondary N) is 3. The van der Waals surface area contributed by atoms with Crippen molar-refractivity contribution < 1.29 is 14.3 Å². The number of pyridine rings is 1. The second-order valence-electron chi connectivity index (χ2n) is 4.75. The van der Waals surface area contributed by atoms with Gasteiger partial charge in [0.25, 0.3) is 5.91 Å². The Hall–Kier alpha value is -3.26. The van der Waals surface area contributed by atoms with Crippen molar-refractivity contribution in [2.75, 3.05) is 7.11 Å². The maximum Gasteiger partial charge on any atom is 0.271 e. The Labute approximate surface area is 150 Å². The fourth-order valence-corrected chi connectivity index (χ4v) is 1.91. The van der Waals surface area contributed by atoms with Crippen LogP contribution in [0.3, 0.4) is 0 Å². The standard InChI is InChI=1S/C17H16N4O3S/c1-24-14-7-4-12(5-8-14)6-9-15(22)19-17(25)21-20-16(23)13-3-2-10-18-11-13/h2-11H,1H3,(H,20,23)(H2,19,21,22,25)/b9-6+. The van der Waals surface area contributed by atoms with Gasteiger partial charge in [0.15, 0.2) is 5.11 Å². The van der Waals surface area contributed by atoms with Gasteiger partial charge in [-0.25, -0.2) is 0 Å². The number of thiocarbonyl (C=S) groups is 1. The van der Waals surface area contributed by atoms with Crippen LogP contribution in [0.15, 0.2) is 54.9 Å². The summed E-state index contributed by atoms with van der Waals surface area (Å²) in [5, 5.41) is 2.39. The van der Waals surface area contributed by atoms with Gasteiger partial charge in [0.05, 0.1) is 12.7 Å². The first-order valence-electron chi connectivity index (χ1n) is 7.22. The molecular weight excluding hydrogens is 340 g/mol. The zero-order valence-electron chi connectivity index (χ0n) is 13.4. The van der Waals surface area contributed by atoms with Crippen LogP contribution in [0.1, 0.15) is 15.9 Å². The van der Waals surface area contributed by atoms with E-state index in [4.69, 9.17) is 17.0 Å². The Kier molecular flexibility index (Phi) is 6.61. The molecule has 1 aromatic carbocycles. The molecule has 0 bridgehead atoms. The Morgan fingerprint density at radius 3 is 2.56 bits per heavy atom. The molecule has 1 heterocycles. The highest BCUT2D eigenvalue weighted by atomic mass is 32.1. The largest absolute Gasteiger partial charge is 0.497 e. The van der Waals surface area contributed by atoms with Crippen molar-refractivity contribution >= 4 is 35.2 Å². The van der Waals surface area contributed by atoms with E-state index in [0.717, 1.165) is 11.3 Å². The van der Waals surface area contributed by atoms with Crippen LogP contribution < -0.4 is 20.9 Å². The lowest BCUT2D eigenvalue weighted by Crippen LogP contribution is -2.48. The number of amides is 2. The van der Waals surface area contributed by atoms with E-state index >= 15 is 0 Å². The molecule has 0 fully saturated rings. The lowest BCUT2D eigenvalue weighted by molar-refractivity contribution is -0.115. The molecule has 0 aliphatic heterocycles. The molecule has 0 aliphatic carbocycles. The topological polar surface area (TPSA) is 92.4 Å². The van der Waals surface area contributed by atoms with Gasteiger partial charge in [-0.05, 0) is 48.1 Å². The molecule has 3 N–H and O–H groups in total. The highest BCUT2D eigenvalue weighted by molar-refractivity contribution is 7.80. The normalized spacial score (nSPS) is 10.1. The molecule has 8 heteroatoms. The number of carbonyl (C=O) groups is 2. The van der Waals surface area contributed by atoms with E-state index in [1.165, 1.54) is 12.3 Å². The van der Waals surface area contributed by atoms with Gasteiger partial charge in [-0.15, -0.1) is 0 Å². The molecule has 128 valence electrons. The first-order valence-corrected chi connectivity index (χ1v) is 7.63. The van der Waals surface area contributed by atoms with Crippen molar-refractivity contribution in [2.24, 2.45) is 0 Å². The number of aromatic nitrogens is 1. The van der Waals surface area contributed by atoms with Crippen LogP contribution >= 0.6 is 12.2 Å². The zero-order chi connectivity index (χ0) is 18.1. The zero-order valence-corrected chi connectivity index (χ0v) is 14.2. The predicted octanol–water partition coefficient (Wildman–Crippen LogP) is 1.44. The van der Waals surface area contributed by atoms with Crippen molar-refractivity contribution in [2.45, 2.75) is 0 Å². The van der Waals surface area contributed by atoms with Crippen LogP contribution in [-0.2, 0) is 4.79 Å². The summed E-state index contributed by atoms with van der Waals surface area (Å²) in [6.45, 7) is 0. The Morgan fingerprint density at radius 1 is 1.16 bits per heavy atom. The summed E-state index contributed by atoms with van der Waals surface area (Å²) >= 11 is 4.94. The summed E-state index contributed by atoms with van der Waals surface area (Å²) in [4.78, 5) is 27.4. The molecule has 0 saturated carbocycles. The average Bonchev–Trinajstić information content (AvgIpc) is 2.65. The van der Waals surface area contributed by atoms with Crippen molar-refractivity contribution in [1.82, 2.24) is 21.2 Å². The van der Waals surface area contributed by atoms with E-state index in [1.807, 2.05) is 12.1 Å². The summed E-state index contributed by atoms with van der Waals surface area (Å²) in [6.07, 6.45) is 5.94. The van der Waals surface area contributed by atoms with Crippen molar-refractivity contribution in [3.05, 3.63) is 66.0 Å². The van der Waals surface area contributed by atoms with E-state index in [-0.39, 0.29) is 5.11 Å². The van der Waals surface area contributed by atoms with Gasteiger partial charge in [0, 0.05) is 18.5 Å². The molecular formula is C17H16N4O3S. The average molecular weight is 356 g/mol. The molecule has 0 unspecified atom stereocenters. The molecule has 25 heavy (non-hydrogen) atoms. The molecule has 0 saturated heterocycles. The predicted molar refractivity (Wildman–Crippen MR) is 97.6 cm³/mol. The van der Waals surface area contributed by atoms with E-state index in [1.54, 1.807) is 43.6 Å². The highest BCUT2D eigenvalue weighted by Crippen LogP contribution is 2.12. The quantitative estimate of drug-likeness (QED) is 0.436. The molecule has 2 amide bonds. The number of ether oxygens (including phenoxy) is 1. The van der Waals surface area contributed by atoms with E-state index in [2.05, 4.69) is 21.2 Å². The Balaban J connectivity index is 1.78. The number of nitrogens with zero attached hydrogens (tertiary/aromatic N) is 1. The minimum absolute atomic E-state index is 0.0263. The van der Waals surface area contributed by atoms with Gasteiger partial charge in [0.1, 0.15) is 5.75 Å². The molecule has 1 aromatic heterocycles. The molecule has 0 aliphatic rings.